The van der Waals surface area contributed by atoms with Gasteiger partial charge < -0.3 is 9.84 Å². The first-order chi connectivity index (χ1) is 17.9. The number of aryl methyl sites for hydroxylation is 1. The maximum Gasteiger partial charge on any atom is 0.301 e. The van der Waals surface area contributed by atoms with Crippen molar-refractivity contribution in [2.45, 2.75) is 13.0 Å². The van der Waals surface area contributed by atoms with Gasteiger partial charge in [0.15, 0.2) is 10.9 Å². The predicted octanol–water partition coefficient (Wildman–Crippen LogP) is 5.54. The van der Waals surface area contributed by atoms with Gasteiger partial charge in [-0.15, -0.1) is 0 Å². The van der Waals surface area contributed by atoms with Gasteiger partial charge in [0, 0.05) is 11.2 Å². The van der Waals surface area contributed by atoms with Gasteiger partial charge in [-0.05, 0) is 55.0 Å². The third-order valence-electron chi connectivity index (χ3n) is 6.35. The molecule has 3 aromatic heterocycles. The van der Waals surface area contributed by atoms with Crippen LogP contribution in [0, 0.1) is 6.92 Å². The third kappa shape index (κ3) is 3.66. The second kappa shape index (κ2) is 8.72. The van der Waals surface area contributed by atoms with Crippen LogP contribution in [0.4, 0.5) is 5.13 Å². The number of halogens is 1. The first-order valence-electron chi connectivity index (χ1n) is 11.3. The number of benzene rings is 2. The molecule has 184 valence electrons. The van der Waals surface area contributed by atoms with E-state index in [0.717, 1.165) is 4.70 Å². The van der Waals surface area contributed by atoms with Crippen LogP contribution < -0.4 is 9.64 Å². The normalized spacial score (nSPS) is 17.3. The van der Waals surface area contributed by atoms with Gasteiger partial charge in [0.25, 0.3) is 5.78 Å². The van der Waals surface area contributed by atoms with Gasteiger partial charge in [-0.3, -0.25) is 18.9 Å². The standard InChI is InChI=1S/C27H19ClN4O4S/c1-14-22(31-12-4-3-5-20(31)29-14)24(33)21-23(15-6-9-17(36-2)10-7-15)32(26(35)25(21)34)27-30-18-11-8-16(28)13-19(18)37-27/h3-13,23,33H,1-2H3/b24-21+. The summed E-state index contributed by atoms with van der Waals surface area (Å²) >= 11 is 7.41. The highest BCUT2D eigenvalue weighted by molar-refractivity contribution is 7.22. The van der Waals surface area contributed by atoms with Crippen molar-refractivity contribution in [1.82, 2.24) is 14.4 Å². The number of methoxy groups -OCH3 is 1. The number of amides is 1. The summed E-state index contributed by atoms with van der Waals surface area (Å²) in [4.78, 5) is 37.5. The van der Waals surface area contributed by atoms with Gasteiger partial charge in [0.05, 0.1) is 34.6 Å². The SMILES string of the molecule is COc1ccc(C2/C(=C(\O)c3c(C)nc4ccccn34)C(=O)C(=O)N2c2nc3ccc(Cl)cc3s2)cc1. The number of aliphatic hydroxyl groups excluding tert-OH is 1. The Labute approximate surface area is 220 Å². The van der Waals surface area contributed by atoms with E-state index in [9.17, 15) is 14.7 Å². The van der Waals surface area contributed by atoms with Crippen LogP contribution in [0.15, 0.2) is 72.4 Å². The fourth-order valence-electron chi connectivity index (χ4n) is 4.65. The molecule has 1 saturated heterocycles. The first-order valence-corrected chi connectivity index (χ1v) is 12.5. The number of nitrogens with zero attached hydrogens (tertiary/aromatic N) is 4. The Morgan fingerprint density at radius 2 is 1.86 bits per heavy atom. The van der Waals surface area contributed by atoms with Crippen LogP contribution in [-0.4, -0.2) is 38.3 Å². The molecule has 1 atom stereocenters. The molecule has 0 spiro atoms. The van der Waals surface area contributed by atoms with Crippen LogP contribution in [0.3, 0.4) is 0 Å². The van der Waals surface area contributed by atoms with E-state index < -0.39 is 17.7 Å². The predicted molar refractivity (Wildman–Crippen MR) is 142 cm³/mol. The topological polar surface area (TPSA) is 97.0 Å². The average molecular weight is 531 g/mol. The number of thiazole rings is 1. The van der Waals surface area contributed by atoms with Crippen molar-refractivity contribution >= 4 is 61.4 Å². The number of aromatic nitrogens is 3. The number of carbonyl (C=O) groups excluding carboxylic acids is 2. The fraction of sp³-hybridized carbons (Fsp3) is 0.111. The molecule has 4 heterocycles. The van der Waals surface area contributed by atoms with Crippen molar-refractivity contribution in [3.05, 3.63) is 94.4 Å². The van der Waals surface area contributed by atoms with E-state index >= 15 is 0 Å². The fourth-order valence-corrected chi connectivity index (χ4v) is 5.92. The lowest BCUT2D eigenvalue weighted by atomic mass is 9.96. The van der Waals surface area contributed by atoms with Crippen LogP contribution in [-0.2, 0) is 9.59 Å². The molecule has 5 aromatic rings. The van der Waals surface area contributed by atoms with Crippen molar-refractivity contribution in [1.29, 1.82) is 0 Å². The zero-order valence-electron chi connectivity index (χ0n) is 19.7. The summed E-state index contributed by atoms with van der Waals surface area (Å²) in [5.41, 5.74) is 2.71. The number of ether oxygens (including phenoxy) is 1. The highest BCUT2D eigenvalue weighted by Gasteiger charge is 2.48. The quantitative estimate of drug-likeness (QED) is 0.186. The summed E-state index contributed by atoms with van der Waals surface area (Å²) in [6, 6.07) is 16.8. The smallest absolute Gasteiger partial charge is 0.301 e. The van der Waals surface area contributed by atoms with E-state index in [1.165, 1.54) is 16.2 Å². The summed E-state index contributed by atoms with van der Waals surface area (Å²) in [5, 5.41) is 12.5. The molecule has 2 aromatic carbocycles. The molecule has 1 fully saturated rings. The molecule has 8 nitrogen and oxygen atoms in total. The minimum absolute atomic E-state index is 0.0405. The van der Waals surface area contributed by atoms with Crippen molar-refractivity contribution in [2.75, 3.05) is 12.0 Å². The maximum absolute atomic E-state index is 13.5. The average Bonchev–Trinajstić information content (AvgIpc) is 3.54. The van der Waals surface area contributed by atoms with Crippen molar-refractivity contribution in [3.8, 4) is 5.75 Å². The van der Waals surface area contributed by atoms with E-state index in [1.54, 1.807) is 79.2 Å². The Kier molecular flexibility index (Phi) is 5.47. The molecular weight excluding hydrogens is 512 g/mol. The number of hydrogen-bond donors (Lipinski definition) is 1. The second-order valence-electron chi connectivity index (χ2n) is 8.53. The zero-order valence-corrected chi connectivity index (χ0v) is 21.2. The molecule has 37 heavy (non-hydrogen) atoms. The minimum atomic E-state index is -0.921. The Morgan fingerprint density at radius 3 is 2.62 bits per heavy atom. The van der Waals surface area contributed by atoms with Crippen LogP contribution in [0.5, 0.6) is 5.75 Å². The number of Topliss-reactive ketones (excluding diaryl/α,β-unsaturated/α-hetero) is 1. The highest BCUT2D eigenvalue weighted by Crippen LogP contribution is 2.45. The molecule has 0 radical (unpaired) electrons. The Morgan fingerprint density at radius 1 is 1.08 bits per heavy atom. The number of hydrogen-bond acceptors (Lipinski definition) is 7. The van der Waals surface area contributed by atoms with E-state index in [1.807, 2.05) is 6.07 Å². The molecule has 0 saturated carbocycles. The number of fused-ring (bicyclic) bond motifs is 2. The van der Waals surface area contributed by atoms with Gasteiger partial charge in [0.2, 0.25) is 0 Å². The summed E-state index contributed by atoms with van der Waals surface area (Å²) < 4.78 is 7.76. The molecule has 1 amide bonds. The van der Waals surface area contributed by atoms with Gasteiger partial charge in [0.1, 0.15) is 17.1 Å². The Bertz CT molecular complexity index is 1760. The van der Waals surface area contributed by atoms with Crippen LogP contribution in [0.1, 0.15) is 23.0 Å². The highest BCUT2D eigenvalue weighted by atomic mass is 35.5. The van der Waals surface area contributed by atoms with Gasteiger partial charge in [-0.1, -0.05) is 41.1 Å². The van der Waals surface area contributed by atoms with Crippen LogP contribution >= 0.6 is 22.9 Å². The van der Waals surface area contributed by atoms with E-state index in [0.29, 0.717) is 44.0 Å². The van der Waals surface area contributed by atoms with Crippen molar-refractivity contribution < 1.29 is 19.4 Å². The number of aliphatic hydroxyl groups is 1. The monoisotopic (exact) mass is 530 g/mol. The minimum Gasteiger partial charge on any atom is -0.505 e. The van der Waals surface area contributed by atoms with Gasteiger partial charge >= 0.3 is 5.91 Å². The lowest BCUT2D eigenvalue weighted by molar-refractivity contribution is -0.132. The Hall–Kier alpha value is -4.21. The molecule has 6 rings (SSSR count). The van der Waals surface area contributed by atoms with E-state index in [-0.39, 0.29) is 11.3 Å². The lowest BCUT2D eigenvalue weighted by Crippen LogP contribution is -2.29. The van der Waals surface area contributed by atoms with Gasteiger partial charge in [-0.2, -0.15) is 0 Å². The number of pyridine rings is 1. The molecule has 0 aliphatic carbocycles. The summed E-state index contributed by atoms with van der Waals surface area (Å²) in [7, 11) is 1.56. The molecule has 10 heteroatoms. The lowest BCUT2D eigenvalue weighted by Gasteiger charge is -2.23. The second-order valence-corrected chi connectivity index (χ2v) is 9.97. The zero-order chi connectivity index (χ0) is 25.8. The number of imidazole rings is 1. The number of carbonyl (C=O) groups is 2. The van der Waals surface area contributed by atoms with E-state index in [4.69, 9.17) is 16.3 Å². The van der Waals surface area contributed by atoms with Crippen molar-refractivity contribution in [3.63, 3.8) is 0 Å². The molecule has 1 aliphatic rings. The summed E-state index contributed by atoms with van der Waals surface area (Å²) in [5.74, 6) is -1.27. The molecule has 1 aliphatic heterocycles. The largest absolute Gasteiger partial charge is 0.505 e. The number of anilines is 1. The number of ketones is 1. The van der Waals surface area contributed by atoms with Crippen LogP contribution in [0.25, 0.3) is 21.6 Å². The molecular formula is C27H19ClN4O4S. The Balaban J connectivity index is 1.60. The van der Waals surface area contributed by atoms with Crippen LogP contribution in [0.2, 0.25) is 5.02 Å². The van der Waals surface area contributed by atoms with Crippen molar-refractivity contribution in [2.24, 2.45) is 0 Å². The first kappa shape index (κ1) is 23.2. The van der Waals surface area contributed by atoms with E-state index in [2.05, 4.69) is 9.97 Å². The van der Waals surface area contributed by atoms with Gasteiger partial charge in [-0.25, -0.2) is 9.97 Å². The summed E-state index contributed by atoms with van der Waals surface area (Å²) in [6.45, 7) is 1.75. The molecule has 0 bridgehead atoms. The third-order valence-corrected chi connectivity index (χ3v) is 7.60. The number of rotatable bonds is 4. The maximum atomic E-state index is 13.5. The summed E-state index contributed by atoms with van der Waals surface area (Å²) in [6.07, 6.45) is 1.75. The molecule has 1 N–H and O–H groups in total. The molecule has 1 unspecified atom stereocenters.